The van der Waals surface area contributed by atoms with Crippen LogP contribution in [0.4, 0.5) is 0 Å². The Labute approximate surface area is 448 Å². The first kappa shape index (κ1) is 69.6. The van der Waals surface area contributed by atoms with Gasteiger partial charge < -0.3 is 14.2 Å². The summed E-state index contributed by atoms with van der Waals surface area (Å²) < 4.78 is 16.9. The average Bonchev–Trinajstić information content (AvgIpc) is 3.38. The molecule has 0 aromatic heterocycles. The standard InChI is InChI=1S/C66H122O6/c1-4-7-10-13-16-19-22-24-26-28-29-30-31-32-33-34-35-36-37-38-40-41-44-47-50-53-56-59-65(68)71-62-63(61-70-64(67)58-55-52-49-46-43-21-18-15-12-9-6-3)72-66(69)60-57-54-51-48-45-42-39-27-25-23-20-17-14-11-8-5-2/h22,24,27-29,39,63H,4-21,23,25-26,30-38,40-62H2,1-3H3/b24-22-,29-28-,39-27-. The van der Waals surface area contributed by atoms with Crippen molar-refractivity contribution >= 4 is 17.9 Å². The zero-order valence-electron chi connectivity index (χ0n) is 48.5. The van der Waals surface area contributed by atoms with Gasteiger partial charge in [-0.2, -0.15) is 0 Å². The van der Waals surface area contributed by atoms with Gasteiger partial charge in [0.05, 0.1) is 0 Å². The van der Waals surface area contributed by atoms with E-state index in [1.54, 1.807) is 0 Å². The van der Waals surface area contributed by atoms with E-state index in [1.165, 1.54) is 238 Å². The van der Waals surface area contributed by atoms with E-state index < -0.39 is 6.10 Å². The molecule has 0 N–H and O–H groups in total. The molecule has 0 spiro atoms. The molecule has 0 amide bonds. The number of hydrogen-bond donors (Lipinski definition) is 0. The van der Waals surface area contributed by atoms with Crippen molar-refractivity contribution in [1.29, 1.82) is 0 Å². The fourth-order valence-electron chi connectivity index (χ4n) is 9.53. The van der Waals surface area contributed by atoms with Crippen LogP contribution in [0.15, 0.2) is 36.5 Å². The summed E-state index contributed by atoms with van der Waals surface area (Å²) in [7, 11) is 0. The Kier molecular flexibility index (Phi) is 59.2. The fraction of sp³-hybridized carbons (Fsp3) is 0.864. The molecule has 0 rings (SSSR count). The molecule has 0 aliphatic heterocycles. The molecule has 1 unspecified atom stereocenters. The van der Waals surface area contributed by atoms with Crippen molar-refractivity contribution in [2.45, 2.75) is 354 Å². The maximum Gasteiger partial charge on any atom is 0.306 e. The number of hydrogen-bond acceptors (Lipinski definition) is 6. The Morgan fingerprint density at radius 2 is 0.500 bits per heavy atom. The Bertz CT molecular complexity index is 1210. The van der Waals surface area contributed by atoms with E-state index in [2.05, 4.69) is 57.2 Å². The lowest BCUT2D eigenvalue weighted by Crippen LogP contribution is -2.30. The first-order chi connectivity index (χ1) is 35.5. The van der Waals surface area contributed by atoms with Crippen LogP contribution in [0.3, 0.4) is 0 Å². The highest BCUT2D eigenvalue weighted by Crippen LogP contribution is 2.17. The molecular formula is C66H122O6. The second-order valence-electron chi connectivity index (χ2n) is 21.7. The van der Waals surface area contributed by atoms with Crippen molar-refractivity contribution in [3.8, 4) is 0 Å². The highest BCUT2D eigenvalue weighted by atomic mass is 16.6. The van der Waals surface area contributed by atoms with Crippen molar-refractivity contribution in [2.75, 3.05) is 13.2 Å². The van der Waals surface area contributed by atoms with Gasteiger partial charge in [-0.25, -0.2) is 0 Å². The smallest absolute Gasteiger partial charge is 0.306 e. The molecule has 422 valence electrons. The van der Waals surface area contributed by atoms with Crippen molar-refractivity contribution in [3.63, 3.8) is 0 Å². The second-order valence-corrected chi connectivity index (χ2v) is 21.7. The summed E-state index contributed by atoms with van der Waals surface area (Å²) in [6, 6.07) is 0. The number of allylic oxidation sites excluding steroid dienone is 6. The van der Waals surface area contributed by atoms with Crippen LogP contribution in [0.5, 0.6) is 0 Å². The zero-order valence-corrected chi connectivity index (χ0v) is 48.5. The van der Waals surface area contributed by atoms with Gasteiger partial charge in [-0.15, -0.1) is 0 Å². The SMILES string of the molecule is CCCCCCC/C=C\C/C=C\CCCCCCCCCCCCCCCCCC(=O)OCC(COC(=O)CCCCCCCCCCCCC)OC(=O)CCCCCCC/C=C\CCCCCCCCC. The van der Waals surface area contributed by atoms with Crippen LogP contribution in [-0.4, -0.2) is 37.2 Å². The molecule has 0 aromatic rings. The predicted octanol–water partition coefficient (Wildman–Crippen LogP) is 21.6. The van der Waals surface area contributed by atoms with Crippen LogP contribution in [0.2, 0.25) is 0 Å². The third-order valence-corrected chi connectivity index (χ3v) is 14.4. The summed E-state index contributed by atoms with van der Waals surface area (Å²) >= 11 is 0. The van der Waals surface area contributed by atoms with Gasteiger partial charge in [0.1, 0.15) is 13.2 Å². The molecule has 0 aliphatic carbocycles. The summed E-state index contributed by atoms with van der Waals surface area (Å²) in [5, 5.41) is 0. The summed E-state index contributed by atoms with van der Waals surface area (Å²) in [4.78, 5) is 38.2. The van der Waals surface area contributed by atoms with Crippen molar-refractivity contribution in [3.05, 3.63) is 36.5 Å². The van der Waals surface area contributed by atoms with E-state index in [9.17, 15) is 14.4 Å². The summed E-state index contributed by atoms with van der Waals surface area (Å²) in [5.74, 6) is -0.859. The van der Waals surface area contributed by atoms with Crippen molar-refractivity contribution in [2.24, 2.45) is 0 Å². The van der Waals surface area contributed by atoms with Gasteiger partial charge in [-0.1, -0.05) is 288 Å². The molecule has 6 heteroatoms. The first-order valence-corrected chi connectivity index (χ1v) is 32.0. The number of esters is 3. The monoisotopic (exact) mass is 1010 g/mol. The van der Waals surface area contributed by atoms with Crippen LogP contribution in [0.1, 0.15) is 348 Å². The molecular weight excluding hydrogens is 889 g/mol. The second kappa shape index (κ2) is 61.2. The Balaban J connectivity index is 4.18. The van der Waals surface area contributed by atoms with Crippen LogP contribution < -0.4 is 0 Å². The van der Waals surface area contributed by atoms with E-state index in [1.807, 2.05) is 0 Å². The molecule has 0 aromatic carbocycles. The van der Waals surface area contributed by atoms with Crippen molar-refractivity contribution < 1.29 is 28.6 Å². The third kappa shape index (κ3) is 58.5. The minimum absolute atomic E-state index is 0.0708. The lowest BCUT2D eigenvalue weighted by molar-refractivity contribution is -0.167. The van der Waals surface area contributed by atoms with Gasteiger partial charge in [0.15, 0.2) is 6.10 Å². The largest absolute Gasteiger partial charge is 0.462 e. The lowest BCUT2D eigenvalue weighted by Gasteiger charge is -2.18. The Hall–Kier alpha value is -2.37. The molecule has 0 fully saturated rings. The van der Waals surface area contributed by atoms with Crippen LogP contribution >= 0.6 is 0 Å². The summed E-state index contributed by atoms with van der Waals surface area (Å²) in [6.07, 6.45) is 74.4. The van der Waals surface area contributed by atoms with Crippen LogP contribution in [-0.2, 0) is 28.6 Å². The highest BCUT2D eigenvalue weighted by molar-refractivity contribution is 5.71. The van der Waals surface area contributed by atoms with Gasteiger partial charge in [-0.3, -0.25) is 14.4 Å². The van der Waals surface area contributed by atoms with Crippen LogP contribution in [0.25, 0.3) is 0 Å². The molecule has 1 atom stereocenters. The average molecular weight is 1010 g/mol. The minimum atomic E-state index is -0.773. The summed E-state index contributed by atoms with van der Waals surface area (Å²) in [6.45, 7) is 6.66. The first-order valence-electron chi connectivity index (χ1n) is 32.0. The van der Waals surface area contributed by atoms with E-state index in [4.69, 9.17) is 14.2 Å². The maximum atomic E-state index is 12.9. The van der Waals surface area contributed by atoms with Crippen molar-refractivity contribution in [1.82, 2.24) is 0 Å². The van der Waals surface area contributed by atoms with Gasteiger partial charge in [0, 0.05) is 19.3 Å². The number of rotatable bonds is 59. The van der Waals surface area contributed by atoms with E-state index in [0.717, 1.165) is 70.6 Å². The van der Waals surface area contributed by atoms with Gasteiger partial charge in [0.25, 0.3) is 0 Å². The third-order valence-electron chi connectivity index (χ3n) is 14.4. The number of carbonyl (C=O) groups excluding carboxylic acids is 3. The molecule has 0 bridgehead atoms. The predicted molar refractivity (Wildman–Crippen MR) is 312 cm³/mol. The lowest BCUT2D eigenvalue weighted by atomic mass is 10.0. The topological polar surface area (TPSA) is 78.9 Å². The van der Waals surface area contributed by atoms with E-state index >= 15 is 0 Å². The highest BCUT2D eigenvalue weighted by Gasteiger charge is 2.19. The van der Waals surface area contributed by atoms with Gasteiger partial charge in [0.2, 0.25) is 0 Å². The number of ether oxygens (including phenoxy) is 3. The zero-order chi connectivity index (χ0) is 52.2. The van der Waals surface area contributed by atoms with Crippen LogP contribution in [0, 0.1) is 0 Å². The van der Waals surface area contributed by atoms with Gasteiger partial charge in [-0.05, 0) is 77.0 Å². The summed E-state index contributed by atoms with van der Waals surface area (Å²) in [5.41, 5.74) is 0. The Morgan fingerprint density at radius 3 is 0.778 bits per heavy atom. The minimum Gasteiger partial charge on any atom is -0.462 e. The van der Waals surface area contributed by atoms with E-state index in [-0.39, 0.29) is 31.1 Å². The molecule has 0 heterocycles. The number of unbranched alkanes of at least 4 members (excludes halogenated alkanes) is 42. The maximum absolute atomic E-state index is 12.9. The fourth-order valence-corrected chi connectivity index (χ4v) is 9.53. The molecule has 0 saturated carbocycles. The molecule has 0 saturated heterocycles. The molecule has 0 aliphatic rings. The molecule has 72 heavy (non-hydrogen) atoms. The molecule has 6 nitrogen and oxygen atoms in total. The quantitative estimate of drug-likeness (QED) is 0.0261. The Morgan fingerprint density at radius 1 is 0.278 bits per heavy atom. The van der Waals surface area contributed by atoms with Gasteiger partial charge >= 0.3 is 17.9 Å². The number of carbonyl (C=O) groups is 3. The molecule has 0 radical (unpaired) electrons. The normalized spacial score (nSPS) is 12.2. The van der Waals surface area contributed by atoms with E-state index in [0.29, 0.717) is 19.3 Å².